The smallest absolute Gasteiger partial charge is 0.306 e. The molecule has 0 fully saturated rings. The summed E-state index contributed by atoms with van der Waals surface area (Å²) >= 11 is 0. The molecule has 0 N–H and O–H groups in total. The van der Waals surface area contributed by atoms with E-state index in [1.165, 1.54) is 180 Å². The molecular weight excluding hydrogens is 829 g/mol. The molecule has 67 heavy (non-hydrogen) atoms. The van der Waals surface area contributed by atoms with Crippen LogP contribution in [0.25, 0.3) is 0 Å². The van der Waals surface area contributed by atoms with Crippen molar-refractivity contribution in [2.24, 2.45) is 0 Å². The molecule has 390 valence electrons. The second-order valence-electron chi connectivity index (χ2n) is 19.6. The van der Waals surface area contributed by atoms with Crippen molar-refractivity contribution in [3.8, 4) is 0 Å². The van der Waals surface area contributed by atoms with Gasteiger partial charge in [-0.25, -0.2) is 0 Å². The summed E-state index contributed by atoms with van der Waals surface area (Å²) in [6.07, 6.45) is 68.2. The summed E-state index contributed by atoms with van der Waals surface area (Å²) in [5, 5.41) is 0. The van der Waals surface area contributed by atoms with E-state index in [0.717, 1.165) is 83.5 Å². The van der Waals surface area contributed by atoms with Gasteiger partial charge in [0.15, 0.2) is 6.10 Å². The molecule has 0 radical (unpaired) electrons. The molecule has 0 aliphatic heterocycles. The van der Waals surface area contributed by atoms with Crippen molar-refractivity contribution >= 4 is 17.9 Å². The Hall–Kier alpha value is -2.63. The van der Waals surface area contributed by atoms with Crippen molar-refractivity contribution in [1.82, 2.24) is 0 Å². The first-order chi connectivity index (χ1) is 33.0. The molecule has 0 bridgehead atoms. The summed E-state index contributed by atoms with van der Waals surface area (Å²) in [6, 6.07) is 0. The average molecular weight is 940 g/mol. The number of hydrogen-bond donors (Lipinski definition) is 0. The lowest BCUT2D eigenvalue weighted by atomic mass is 10.0. The minimum absolute atomic E-state index is 0.0792. The molecule has 0 amide bonds. The third-order valence-corrected chi connectivity index (χ3v) is 12.9. The highest BCUT2D eigenvalue weighted by Crippen LogP contribution is 2.17. The van der Waals surface area contributed by atoms with Gasteiger partial charge in [-0.15, -0.1) is 0 Å². The van der Waals surface area contributed by atoms with Gasteiger partial charge in [-0.05, 0) is 64.2 Å². The Kier molecular flexibility index (Phi) is 53.8. The van der Waals surface area contributed by atoms with Gasteiger partial charge in [-0.1, -0.05) is 268 Å². The fourth-order valence-electron chi connectivity index (χ4n) is 8.50. The van der Waals surface area contributed by atoms with Gasteiger partial charge in [0, 0.05) is 19.3 Å². The van der Waals surface area contributed by atoms with Gasteiger partial charge in [-0.3, -0.25) is 14.4 Å². The van der Waals surface area contributed by atoms with Crippen molar-refractivity contribution in [2.75, 3.05) is 13.2 Å². The minimum Gasteiger partial charge on any atom is -0.462 e. The number of carbonyl (C=O) groups is 3. The van der Waals surface area contributed by atoms with Gasteiger partial charge in [0.05, 0.1) is 0 Å². The number of ether oxygens (including phenoxy) is 3. The van der Waals surface area contributed by atoms with E-state index in [4.69, 9.17) is 14.2 Å². The first-order valence-electron chi connectivity index (χ1n) is 29.2. The van der Waals surface area contributed by atoms with E-state index in [1.54, 1.807) is 0 Å². The van der Waals surface area contributed by atoms with Crippen LogP contribution in [0.3, 0.4) is 0 Å². The van der Waals surface area contributed by atoms with Crippen molar-refractivity contribution in [2.45, 2.75) is 309 Å². The van der Waals surface area contributed by atoms with Crippen molar-refractivity contribution < 1.29 is 28.6 Å². The Bertz CT molecular complexity index is 1170. The largest absolute Gasteiger partial charge is 0.462 e. The maximum atomic E-state index is 12.9. The molecule has 0 rings (SSSR count). The summed E-state index contributed by atoms with van der Waals surface area (Å²) in [4.78, 5) is 38.1. The third-order valence-electron chi connectivity index (χ3n) is 12.9. The maximum Gasteiger partial charge on any atom is 0.306 e. The SMILES string of the molecule is CC\C=C/C=C\C=C/CCCCCCCC(=O)OCC(COC(=O)CCCCCCCCC/C=C\CCCCCCCCCC)OC(=O)CCCCCCCCCCCCCCCCCCC. The number of unbranched alkanes of at least 4 members (excludes halogenated alkanes) is 36. The lowest BCUT2D eigenvalue weighted by molar-refractivity contribution is -0.167. The summed E-state index contributed by atoms with van der Waals surface area (Å²) in [5.74, 6) is -0.889. The molecule has 0 aliphatic carbocycles. The lowest BCUT2D eigenvalue weighted by Crippen LogP contribution is -2.30. The Morgan fingerprint density at radius 3 is 0.940 bits per heavy atom. The summed E-state index contributed by atoms with van der Waals surface area (Å²) in [5.41, 5.74) is 0. The minimum atomic E-state index is -0.781. The van der Waals surface area contributed by atoms with Crippen LogP contribution in [-0.2, 0) is 28.6 Å². The zero-order chi connectivity index (χ0) is 48.6. The van der Waals surface area contributed by atoms with Gasteiger partial charge in [-0.2, -0.15) is 0 Å². The van der Waals surface area contributed by atoms with Crippen molar-refractivity contribution in [1.29, 1.82) is 0 Å². The first kappa shape index (κ1) is 64.4. The normalized spacial score (nSPS) is 12.3. The number of carbonyl (C=O) groups excluding carboxylic acids is 3. The van der Waals surface area contributed by atoms with E-state index < -0.39 is 6.10 Å². The average Bonchev–Trinajstić information content (AvgIpc) is 3.33. The number of rotatable bonds is 53. The molecule has 0 saturated carbocycles. The molecule has 1 atom stereocenters. The van der Waals surface area contributed by atoms with Crippen LogP contribution in [0, 0.1) is 0 Å². The van der Waals surface area contributed by atoms with Gasteiger partial charge >= 0.3 is 17.9 Å². The predicted molar refractivity (Wildman–Crippen MR) is 289 cm³/mol. The predicted octanol–water partition coefficient (Wildman–Crippen LogP) is 19.4. The van der Waals surface area contributed by atoms with E-state index in [1.807, 2.05) is 0 Å². The molecule has 0 aromatic carbocycles. The van der Waals surface area contributed by atoms with Gasteiger partial charge < -0.3 is 14.2 Å². The number of allylic oxidation sites excluding steroid dienone is 8. The summed E-state index contributed by atoms with van der Waals surface area (Å²) in [7, 11) is 0. The topological polar surface area (TPSA) is 78.9 Å². The molecule has 0 aromatic rings. The second kappa shape index (κ2) is 56.0. The standard InChI is InChI=1S/C61H110O6/c1-4-7-10-13-16-19-22-25-27-29-30-32-33-36-39-42-45-48-51-54-60(63)66-57-58(56-65-59(62)53-50-47-44-41-38-35-24-21-18-15-12-9-6-3)67-61(64)55-52-49-46-43-40-37-34-31-28-26-23-20-17-14-11-8-5-2/h9,12,15,18,21,24,29-30,58H,4-8,10-11,13-14,16-17,19-20,22-23,25-28,31-57H2,1-3H3/b12-9-,18-15-,24-21-,30-29-. The number of hydrogen-bond acceptors (Lipinski definition) is 6. The Labute approximate surface area is 416 Å². The van der Waals surface area contributed by atoms with Crippen LogP contribution in [0.5, 0.6) is 0 Å². The molecule has 0 aromatic heterocycles. The summed E-state index contributed by atoms with van der Waals surface area (Å²) in [6.45, 7) is 6.53. The second-order valence-corrected chi connectivity index (χ2v) is 19.6. The lowest BCUT2D eigenvalue weighted by Gasteiger charge is -2.18. The molecular formula is C61H110O6. The van der Waals surface area contributed by atoms with Gasteiger partial charge in [0.25, 0.3) is 0 Å². The fourth-order valence-corrected chi connectivity index (χ4v) is 8.50. The van der Waals surface area contributed by atoms with Crippen LogP contribution in [0.1, 0.15) is 303 Å². The van der Waals surface area contributed by atoms with Crippen molar-refractivity contribution in [3.63, 3.8) is 0 Å². The van der Waals surface area contributed by atoms with Crippen LogP contribution in [0.2, 0.25) is 0 Å². The molecule has 0 spiro atoms. The van der Waals surface area contributed by atoms with Crippen molar-refractivity contribution in [3.05, 3.63) is 48.6 Å². The zero-order valence-corrected chi connectivity index (χ0v) is 44.7. The zero-order valence-electron chi connectivity index (χ0n) is 44.7. The molecule has 6 nitrogen and oxygen atoms in total. The van der Waals surface area contributed by atoms with Crippen LogP contribution in [0.15, 0.2) is 48.6 Å². The monoisotopic (exact) mass is 939 g/mol. The Morgan fingerprint density at radius 2 is 0.597 bits per heavy atom. The highest BCUT2D eigenvalue weighted by atomic mass is 16.6. The van der Waals surface area contributed by atoms with E-state index >= 15 is 0 Å². The molecule has 0 aliphatic rings. The van der Waals surface area contributed by atoms with Crippen LogP contribution < -0.4 is 0 Å². The first-order valence-corrected chi connectivity index (χ1v) is 29.2. The molecule has 6 heteroatoms. The Balaban J connectivity index is 4.34. The van der Waals surface area contributed by atoms with Gasteiger partial charge in [0.1, 0.15) is 13.2 Å². The van der Waals surface area contributed by atoms with Gasteiger partial charge in [0.2, 0.25) is 0 Å². The molecule has 0 saturated heterocycles. The fraction of sp³-hybridized carbons (Fsp3) is 0.820. The van der Waals surface area contributed by atoms with E-state index in [2.05, 4.69) is 69.4 Å². The summed E-state index contributed by atoms with van der Waals surface area (Å²) < 4.78 is 16.9. The van der Waals surface area contributed by atoms with E-state index in [-0.39, 0.29) is 31.1 Å². The quantitative estimate of drug-likeness (QED) is 0.0199. The molecule has 1 unspecified atom stereocenters. The van der Waals surface area contributed by atoms with E-state index in [9.17, 15) is 14.4 Å². The number of esters is 3. The molecule has 0 heterocycles. The van der Waals surface area contributed by atoms with Crippen LogP contribution in [-0.4, -0.2) is 37.2 Å². The highest BCUT2D eigenvalue weighted by Gasteiger charge is 2.19. The third kappa shape index (κ3) is 54.2. The highest BCUT2D eigenvalue weighted by molar-refractivity contribution is 5.71. The Morgan fingerprint density at radius 1 is 0.313 bits per heavy atom. The van der Waals surface area contributed by atoms with Crippen LogP contribution in [0.4, 0.5) is 0 Å². The van der Waals surface area contributed by atoms with Crippen LogP contribution >= 0.6 is 0 Å². The maximum absolute atomic E-state index is 12.9. The van der Waals surface area contributed by atoms with E-state index in [0.29, 0.717) is 19.3 Å².